The number of imidazole rings is 1. The first-order chi connectivity index (χ1) is 15.0. The number of aliphatic hydroxyl groups is 3. The summed E-state index contributed by atoms with van der Waals surface area (Å²) in [5, 5.41) is 26.3. The van der Waals surface area contributed by atoms with Crippen molar-refractivity contribution in [2.75, 3.05) is 6.61 Å². The topological polar surface area (TPSA) is 284 Å². The van der Waals surface area contributed by atoms with Gasteiger partial charge in [-0.05, 0) is 6.92 Å². The van der Waals surface area contributed by atoms with Crippen molar-refractivity contribution in [1.29, 1.82) is 0 Å². The van der Waals surface area contributed by atoms with Crippen LogP contribution in [0.1, 0.15) is 13.2 Å². The van der Waals surface area contributed by atoms with Crippen LogP contribution in [-0.4, -0.2) is 84.4 Å². The molecule has 1 aliphatic heterocycles. The first-order valence-electron chi connectivity index (χ1n) is 8.70. The van der Waals surface area contributed by atoms with Gasteiger partial charge in [0.1, 0.15) is 18.3 Å². The van der Waals surface area contributed by atoms with Crippen LogP contribution < -0.4 is 5.56 Å². The highest BCUT2D eigenvalue weighted by molar-refractivity contribution is 7.75. The molecule has 1 fully saturated rings. The molecule has 0 aromatic carbocycles. The van der Waals surface area contributed by atoms with Crippen molar-refractivity contribution >= 4 is 34.2 Å². The maximum absolute atomic E-state index is 12.0. The van der Waals surface area contributed by atoms with E-state index in [9.17, 15) is 43.6 Å². The lowest BCUT2D eigenvalue weighted by molar-refractivity contribution is -0.0503. The number of hydrogen-bond acceptors (Lipinski definition) is 12. The van der Waals surface area contributed by atoms with Crippen molar-refractivity contribution in [3.05, 3.63) is 23.0 Å². The number of H-pyrrole nitrogens is 1. The first kappa shape index (κ1) is 26.2. The predicted octanol–water partition coefficient (Wildman–Crippen LogP) is -2.10. The van der Waals surface area contributed by atoms with Crippen molar-refractivity contribution < 1.29 is 62.2 Å². The molecular formula is C12H19N4O14P3. The molecule has 186 valence electrons. The second-order valence-corrected chi connectivity index (χ2v) is 13.1. The van der Waals surface area contributed by atoms with Crippen LogP contribution in [0.5, 0.6) is 0 Å². The Morgan fingerprint density at radius 2 is 1.82 bits per heavy atom. The normalized spacial score (nSPS) is 29.5. The number of nitrogens with zero attached hydrogens (tertiary/aromatic N) is 3. The number of aromatic amines is 1. The highest BCUT2D eigenvalue weighted by atomic mass is 31.3. The molecule has 3 unspecified atom stereocenters. The third kappa shape index (κ3) is 4.90. The minimum absolute atomic E-state index is 0.0198. The summed E-state index contributed by atoms with van der Waals surface area (Å²) in [5.41, 5.74) is -0.718. The zero-order valence-electron chi connectivity index (χ0n) is 16.3. The van der Waals surface area contributed by atoms with Crippen LogP contribution in [0.4, 0.5) is 0 Å². The van der Waals surface area contributed by atoms with E-state index in [0.29, 0.717) is 0 Å². The van der Waals surface area contributed by atoms with E-state index in [4.69, 9.17) is 14.5 Å². The van der Waals surface area contributed by atoms with Gasteiger partial charge in [-0.3, -0.25) is 23.0 Å². The second-order valence-electron chi connectivity index (χ2n) is 6.98. The van der Waals surface area contributed by atoms with Crippen LogP contribution >= 0.6 is 23.0 Å². The van der Waals surface area contributed by atoms with Gasteiger partial charge in [0.2, 0.25) is 0 Å². The van der Waals surface area contributed by atoms with E-state index >= 15 is 0 Å². The first-order valence-corrected chi connectivity index (χ1v) is 13.4. The number of rotatable bonds is 8. The Morgan fingerprint density at radius 3 is 2.42 bits per heavy atom. The molecule has 0 radical (unpaired) electrons. The minimum atomic E-state index is -5.86. The minimum Gasteiger partial charge on any atom is -0.387 e. The summed E-state index contributed by atoms with van der Waals surface area (Å²) < 4.78 is 50.0. The maximum Gasteiger partial charge on any atom is 0.479 e. The highest BCUT2D eigenvalue weighted by Gasteiger charge is 2.60. The van der Waals surface area contributed by atoms with Gasteiger partial charge in [0, 0.05) is 0 Å². The van der Waals surface area contributed by atoms with Gasteiger partial charge in [-0.1, -0.05) is 0 Å². The number of hydrogen-bond donors (Lipinski definition) is 8. The molecule has 3 rings (SSSR count). The van der Waals surface area contributed by atoms with Crippen molar-refractivity contribution in [2.45, 2.75) is 36.5 Å². The molecule has 2 aromatic rings. The van der Waals surface area contributed by atoms with Crippen molar-refractivity contribution in [1.82, 2.24) is 19.5 Å². The van der Waals surface area contributed by atoms with E-state index in [1.54, 1.807) is 0 Å². The zero-order chi connectivity index (χ0) is 25.0. The monoisotopic (exact) mass is 536 g/mol. The fourth-order valence-electron chi connectivity index (χ4n) is 2.72. The fourth-order valence-corrected chi connectivity index (χ4v) is 6.63. The number of nitrogens with one attached hydrogen (secondary N) is 1. The van der Waals surface area contributed by atoms with Gasteiger partial charge < -0.3 is 44.6 Å². The van der Waals surface area contributed by atoms with Crippen LogP contribution in [0.15, 0.2) is 17.4 Å². The van der Waals surface area contributed by atoms with Gasteiger partial charge in [-0.25, -0.2) is 18.8 Å². The van der Waals surface area contributed by atoms with E-state index in [2.05, 4.69) is 23.8 Å². The molecule has 1 saturated heterocycles. The van der Waals surface area contributed by atoms with Crippen LogP contribution in [0.2, 0.25) is 0 Å². The smallest absolute Gasteiger partial charge is 0.387 e. The molecule has 21 heteroatoms. The lowest BCUT2D eigenvalue weighted by Crippen LogP contribution is -2.33. The van der Waals surface area contributed by atoms with Gasteiger partial charge in [-0.15, -0.1) is 0 Å². The molecule has 33 heavy (non-hydrogen) atoms. The fraction of sp³-hybridized carbons (Fsp3) is 0.583. The molecule has 18 nitrogen and oxygen atoms in total. The van der Waals surface area contributed by atoms with Crippen molar-refractivity contribution in [3.63, 3.8) is 0 Å². The Morgan fingerprint density at radius 1 is 1.18 bits per heavy atom. The van der Waals surface area contributed by atoms with Gasteiger partial charge in [0.25, 0.3) is 10.6 Å². The molecule has 0 saturated carbocycles. The number of aromatic nitrogens is 4. The van der Waals surface area contributed by atoms with Crippen LogP contribution in [0.25, 0.3) is 11.2 Å². The van der Waals surface area contributed by atoms with E-state index in [0.717, 1.165) is 17.2 Å². The van der Waals surface area contributed by atoms with Crippen molar-refractivity contribution in [3.8, 4) is 0 Å². The molecule has 0 amide bonds. The van der Waals surface area contributed by atoms with E-state index in [-0.39, 0.29) is 18.1 Å². The zero-order valence-corrected chi connectivity index (χ0v) is 19.0. The van der Waals surface area contributed by atoms with Gasteiger partial charge in [0.05, 0.1) is 19.3 Å². The maximum atomic E-state index is 12.0. The average Bonchev–Trinajstić information content (AvgIpc) is 3.21. The Balaban J connectivity index is 1.73. The lowest BCUT2D eigenvalue weighted by Gasteiger charge is -2.29. The molecule has 3 heterocycles. The number of fused-ring (bicyclic) bond motifs is 1. The molecule has 0 bridgehead atoms. The molecule has 7 atom stereocenters. The highest BCUT2D eigenvalue weighted by Crippen LogP contribution is 2.74. The molecular weight excluding hydrogens is 517 g/mol. The summed E-state index contributed by atoms with van der Waals surface area (Å²) in [6.07, 6.45) is -4.19. The van der Waals surface area contributed by atoms with Crippen molar-refractivity contribution in [2.24, 2.45) is 0 Å². The number of phosphoric acid groups is 1. The number of aliphatic hydroxyl groups excluding tert-OH is 2. The van der Waals surface area contributed by atoms with E-state index in [1.807, 2.05) is 0 Å². The predicted molar refractivity (Wildman–Crippen MR) is 103 cm³/mol. The third-order valence-corrected chi connectivity index (χ3v) is 10.6. The molecule has 0 aliphatic carbocycles. The van der Waals surface area contributed by atoms with Crippen LogP contribution in [0, 0.1) is 0 Å². The summed E-state index contributed by atoms with van der Waals surface area (Å²) in [6.45, 7) is -0.810. The summed E-state index contributed by atoms with van der Waals surface area (Å²) >= 11 is 0. The number of ether oxygens (including phenoxy) is 1. The van der Waals surface area contributed by atoms with Crippen LogP contribution in [0.3, 0.4) is 0 Å². The SMILES string of the molecule is CC(O)(P(=O)(O)O)P(=O)(O)OP(=O)(O)OC[C@H]1O[C@@H](n2cnc3c(=O)[nH]cnc32)[C@H](O)[C@@H]1O. The van der Waals surface area contributed by atoms with Crippen LogP contribution in [-0.2, 0) is 27.3 Å². The van der Waals surface area contributed by atoms with E-state index < -0.39 is 64.8 Å². The summed E-state index contributed by atoms with van der Waals surface area (Å²) in [7, 11) is -17.1. The summed E-state index contributed by atoms with van der Waals surface area (Å²) in [6, 6.07) is 0. The molecule has 1 aliphatic rings. The average molecular weight is 536 g/mol. The third-order valence-electron chi connectivity index (χ3n) is 4.68. The van der Waals surface area contributed by atoms with E-state index in [1.165, 1.54) is 0 Å². The quantitative estimate of drug-likeness (QED) is 0.168. The Hall–Kier alpha value is -1.36. The Bertz CT molecular complexity index is 1240. The summed E-state index contributed by atoms with van der Waals surface area (Å²) in [4.78, 5) is 59.0. The summed E-state index contributed by atoms with van der Waals surface area (Å²) in [5.74, 6) is 0. The molecule has 0 spiro atoms. The largest absolute Gasteiger partial charge is 0.479 e. The Labute approximate surface area is 182 Å². The molecule has 8 N–H and O–H groups in total. The number of phosphoric ester groups is 1. The molecule has 2 aromatic heterocycles. The van der Waals surface area contributed by atoms with Gasteiger partial charge >= 0.3 is 23.0 Å². The van der Waals surface area contributed by atoms with Gasteiger partial charge in [-0.2, -0.15) is 0 Å². The van der Waals surface area contributed by atoms with Gasteiger partial charge in [0.15, 0.2) is 17.4 Å². The Kier molecular flexibility index (Phi) is 6.92. The standard InChI is InChI=1S/C12H19N4O14P3/c1-12(20,31(21,22)23)32(24,25)30-33(26,27)28-2-5-7(17)8(18)11(29-5)16-4-15-6-9(16)13-3-14-10(6)19/h3-5,7-8,11,17-18,20H,2H2,1H3,(H,24,25)(H,26,27)(H,13,14,19)(H2,21,22,23)/t5-,7-,8-,11-,12?/m1/s1. The second kappa shape index (κ2) is 8.70. The lowest BCUT2D eigenvalue weighted by atomic mass is 10.1.